The number of fused-ring (bicyclic) bond motifs is 1. The molecule has 1 aliphatic carbocycles. The molecule has 1 aromatic heterocycles. The zero-order valence-corrected chi connectivity index (χ0v) is 20.7. The molecular formula is C25H32FN3O6. The molecule has 2 fully saturated rings. The molecule has 10 heteroatoms. The van der Waals surface area contributed by atoms with Crippen LogP contribution in [0, 0.1) is 11.7 Å². The number of rotatable bonds is 6. The number of amides is 1. The van der Waals surface area contributed by atoms with Crippen molar-refractivity contribution in [2.75, 3.05) is 25.1 Å². The molecule has 35 heavy (non-hydrogen) atoms. The van der Waals surface area contributed by atoms with E-state index >= 15 is 4.39 Å². The lowest BCUT2D eigenvalue weighted by Crippen LogP contribution is -2.42. The minimum absolute atomic E-state index is 0.00870. The van der Waals surface area contributed by atoms with Crippen molar-refractivity contribution >= 4 is 28.7 Å². The first kappa shape index (κ1) is 24.8. The van der Waals surface area contributed by atoms with E-state index in [1.807, 2.05) is 11.8 Å². The maximum atomic E-state index is 15.5. The molecule has 9 nitrogen and oxygen atoms in total. The van der Waals surface area contributed by atoms with Gasteiger partial charge in [0.05, 0.1) is 18.0 Å². The molecule has 190 valence electrons. The second kappa shape index (κ2) is 9.05. The maximum absolute atomic E-state index is 15.5. The Bertz CT molecular complexity index is 1230. The number of hydrogen-bond acceptors (Lipinski definition) is 6. The van der Waals surface area contributed by atoms with Gasteiger partial charge in [0, 0.05) is 31.4 Å². The number of carbonyl (C=O) groups excluding carboxylic acids is 1. The summed E-state index contributed by atoms with van der Waals surface area (Å²) < 4.78 is 28.2. The fourth-order valence-electron chi connectivity index (χ4n) is 4.73. The number of halogens is 1. The van der Waals surface area contributed by atoms with Crippen LogP contribution in [0.3, 0.4) is 0 Å². The highest BCUT2D eigenvalue weighted by Gasteiger charge is 2.35. The number of hydrogen-bond donors (Lipinski definition) is 2. The predicted octanol–water partition coefficient (Wildman–Crippen LogP) is 3.92. The number of benzene rings is 1. The van der Waals surface area contributed by atoms with E-state index in [-0.39, 0.29) is 40.4 Å². The van der Waals surface area contributed by atoms with Gasteiger partial charge >= 0.3 is 12.1 Å². The summed E-state index contributed by atoms with van der Waals surface area (Å²) in [5.74, 6) is -1.73. The normalized spacial score (nSPS) is 19.0. The summed E-state index contributed by atoms with van der Waals surface area (Å²) in [6.07, 6.45) is 3.24. The first-order valence-electron chi connectivity index (χ1n) is 11.8. The summed E-state index contributed by atoms with van der Waals surface area (Å²) in [7, 11) is 1.42. The van der Waals surface area contributed by atoms with Crippen LogP contribution in [0.5, 0.6) is 5.75 Å². The molecule has 0 bridgehead atoms. The summed E-state index contributed by atoms with van der Waals surface area (Å²) in [4.78, 5) is 38.6. The van der Waals surface area contributed by atoms with Crippen LogP contribution in [0.4, 0.5) is 14.9 Å². The molecular weight excluding hydrogens is 457 g/mol. The van der Waals surface area contributed by atoms with Crippen LogP contribution in [0.1, 0.15) is 63.4 Å². The number of nitrogens with one attached hydrogen (secondary N) is 1. The first-order chi connectivity index (χ1) is 16.4. The van der Waals surface area contributed by atoms with E-state index in [4.69, 9.17) is 9.47 Å². The molecule has 1 saturated heterocycles. The Balaban J connectivity index is 1.69. The number of aromatic nitrogens is 1. The van der Waals surface area contributed by atoms with Gasteiger partial charge in [0.2, 0.25) is 5.43 Å². The molecule has 0 spiro atoms. The van der Waals surface area contributed by atoms with Gasteiger partial charge in [-0.2, -0.15) is 0 Å². The number of carboxylic acid groups (broad SMARTS) is 1. The van der Waals surface area contributed by atoms with Crippen LogP contribution >= 0.6 is 0 Å². The standard InChI is InChI=1S/C25H32FN3O6/c1-13(27-24(33)35-25(2,3)4)14-8-9-28(11-14)20-18(26)10-16-19(22(20)34-5)29(15-6-7-15)12-17(21(16)30)23(31)32/h10,12-15H,6-9,11H2,1-5H3,(H,27,33)(H,31,32)/t13-,14+/m0/s1. The van der Waals surface area contributed by atoms with Crippen molar-refractivity contribution in [3.8, 4) is 5.75 Å². The number of aromatic carboxylic acids is 1. The second-order valence-electron chi connectivity index (χ2n) is 10.4. The van der Waals surface area contributed by atoms with Crippen LogP contribution < -0.4 is 20.4 Å². The molecule has 1 saturated carbocycles. The molecule has 2 aliphatic rings. The van der Waals surface area contributed by atoms with E-state index in [0.29, 0.717) is 25.0 Å². The Hall–Kier alpha value is -3.30. The molecule has 0 unspecified atom stereocenters. The van der Waals surface area contributed by atoms with Crippen molar-refractivity contribution in [1.29, 1.82) is 0 Å². The van der Waals surface area contributed by atoms with Gasteiger partial charge in [0.15, 0.2) is 11.6 Å². The van der Waals surface area contributed by atoms with Gasteiger partial charge in [-0.1, -0.05) is 0 Å². The van der Waals surface area contributed by atoms with E-state index < -0.39 is 28.9 Å². The predicted molar refractivity (Wildman–Crippen MR) is 129 cm³/mol. The van der Waals surface area contributed by atoms with Crippen molar-refractivity contribution in [2.45, 2.75) is 64.6 Å². The lowest BCUT2D eigenvalue weighted by Gasteiger charge is -2.27. The molecule has 1 aromatic carbocycles. The van der Waals surface area contributed by atoms with Crippen molar-refractivity contribution in [1.82, 2.24) is 9.88 Å². The van der Waals surface area contributed by atoms with Crippen molar-refractivity contribution in [2.24, 2.45) is 5.92 Å². The summed E-state index contributed by atoms with van der Waals surface area (Å²) in [6.45, 7) is 8.28. The van der Waals surface area contributed by atoms with Gasteiger partial charge in [-0.15, -0.1) is 0 Å². The highest BCUT2D eigenvalue weighted by Crippen LogP contribution is 2.44. The molecule has 2 N–H and O–H groups in total. The summed E-state index contributed by atoms with van der Waals surface area (Å²) in [5, 5.41) is 12.4. The van der Waals surface area contributed by atoms with Gasteiger partial charge in [-0.25, -0.2) is 14.0 Å². The molecule has 2 atom stereocenters. The average molecular weight is 490 g/mol. The van der Waals surface area contributed by atoms with Crippen LogP contribution in [0.2, 0.25) is 0 Å². The number of pyridine rings is 1. The van der Waals surface area contributed by atoms with E-state index in [0.717, 1.165) is 18.9 Å². The molecule has 4 rings (SSSR count). The summed E-state index contributed by atoms with van der Waals surface area (Å²) in [5.41, 5.74) is -1.08. The summed E-state index contributed by atoms with van der Waals surface area (Å²) in [6, 6.07) is 0.955. The van der Waals surface area contributed by atoms with E-state index in [2.05, 4.69) is 5.32 Å². The van der Waals surface area contributed by atoms with Crippen molar-refractivity contribution in [3.05, 3.63) is 33.9 Å². The molecule has 2 heterocycles. The van der Waals surface area contributed by atoms with Gasteiger partial charge in [-0.3, -0.25) is 4.79 Å². The monoisotopic (exact) mass is 489 g/mol. The highest BCUT2D eigenvalue weighted by atomic mass is 19.1. The first-order valence-corrected chi connectivity index (χ1v) is 11.8. The number of alkyl carbamates (subject to hydrolysis) is 1. The third-order valence-electron chi connectivity index (χ3n) is 6.57. The van der Waals surface area contributed by atoms with Crippen LogP contribution in [0.25, 0.3) is 10.9 Å². The third-order valence-corrected chi connectivity index (χ3v) is 6.57. The Labute approximate surface area is 202 Å². The van der Waals surface area contributed by atoms with E-state index in [1.165, 1.54) is 13.3 Å². The van der Waals surface area contributed by atoms with Crippen LogP contribution in [-0.4, -0.2) is 53.6 Å². The SMILES string of the molecule is COc1c(N2CC[C@@H]([C@H](C)NC(=O)OC(C)(C)C)C2)c(F)cc2c(=O)c(C(=O)O)cn(C3CC3)c12. The van der Waals surface area contributed by atoms with E-state index in [9.17, 15) is 19.5 Å². The minimum Gasteiger partial charge on any atom is -0.492 e. The molecule has 1 aliphatic heterocycles. The fraction of sp³-hybridized carbons (Fsp3) is 0.560. The van der Waals surface area contributed by atoms with E-state index in [1.54, 1.807) is 25.3 Å². The minimum atomic E-state index is -1.34. The van der Waals surface area contributed by atoms with Gasteiger partial charge < -0.3 is 29.4 Å². The maximum Gasteiger partial charge on any atom is 0.407 e. The Kier molecular flexibility index (Phi) is 6.42. The van der Waals surface area contributed by atoms with Crippen molar-refractivity contribution < 1.29 is 28.6 Å². The number of methoxy groups -OCH3 is 1. The van der Waals surface area contributed by atoms with Crippen LogP contribution in [-0.2, 0) is 4.74 Å². The van der Waals surface area contributed by atoms with Gasteiger partial charge in [0.25, 0.3) is 0 Å². The smallest absolute Gasteiger partial charge is 0.407 e. The third kappa shape index (κ3) is 4.92. The summed E-state index contributed by atoms with van der Waals surface area (Å²) >= 11 is 0. The lowest BCUT2D eigenvalue weighted by molar-refractivity contribution is 0.0494. The molecule has 2 aromatic rings. The van der Waals surface area contributed by atoms with Crippen LogP contribution in [0.15, 0.2) is 17.1 Å². The number of carbonyl (C=O) groups is 2. The fourth-order valence-corrected chi connectivity index (χ4v) is 4.73. The average Bonchev–Trinajstić information content (AvgIpc) is 3.47. The topological polar surface area (TPSA) is 110 Å². The van der Waals surface area contributed by atoms with Gasteiger partial charge in [-0.05, 0) is 58.9 Å². The zero-order chi connectivity index (χ0) is 25.7. The Morgan fingerprint density at radius 1 is 1.26 bits per heavy atom. The second-order valence-corrected chi connectivity index (χ2v) is 10.4. The quantitative estimate of drug-likeness (QED) is 0.633. The Morgan fingerprint density at radius 2 is 1.94 bits per heavy atom. The van der Waals surface area contributed by atoms with Gasteiger partial charge in [0.1, 0.15) is 16.9 Å². The number of carboxylic acids is 1. The number of ether oxygens (including phenoxy) is 2. The molecule has 0 radical (unpaired) electrons. The highest BCUT2D eigenvalue weighted by molar-refractivity contribution is 5.97. The largest absolute Gasteiger partial charge is 0.492 e. The number of nitrogens with zero attached hydrogens (tertiary/aromatic N) is 2. The lowest BCUT2D eigenvalue weighted by atomic mass is 10.0. The zero-order valence-electron chi connectivity index (χ0n) is 20.7. The van der Waals surface area contributed by atoms with Crippen molar-refractivity contribution in [3.63, 3.8) is 0 Å². The Morgan fingerprint density at radius 3 is 2.51 bits per heavy atom. The molecule has 1 amide bonds. The number of anilines is 1.